The molecule has 2 heteroatoms. The molecule has 2 aromatic rings. The van der Waals surface area contributed by atoms with E-state index in [9.17, 15) is 0 Å². The van der Waals surface area contributed by atoms with E-state index < -0.39 is 0 Å². The van der Waals surface area contributed by atoms with Crippen LogP contribution in [0.15, 0.2) is 49.1 Å². The molecule has 0 amide bonds. The normalized spacial score (nSPS) is 19.8. The fourth-order valence-corrected chi connectivity index (χ4v) is 5.80. The van der Waals surface area contributed by atoms with E-state index in [2.05, 4.69) is 58.2 Å². The average molecular weight is 493 g/mol. The van der Waals surface area contributed by atoms with Gasteiger partial charge in [0.2, 0.25) is 0 Å². The summed E-state index contributed by atoms with van der Waals surface area (Å²) in [6.45, 7) is 2.38. The summed E-state index contributed by atoms with van der Waals surface area (Å²) in [5, 5.41) is 0. The first-order chi connectivity index (χ1) is 17.9. The fraction of sp³-hybridized carbons (Fsp3) is 0.706. The first-order valence-electron chi connectivity index (χ1n) is 15.9. The molecule has 0 saturated heterocycles. The third-order valence-corrected chi connectivity index (χ3v) is 8.10. The summed E-state index contributed by atoms with van der Waals surface area (Å²) in [5.41, 5.74) is 3.06. The highest BCUT2D eigenvalue weighted by Gasteiger charge is 2.05. The van der Waals surface area contributed by atoms with Crippen LogP contribution in [-0.4, -0.2) is 0 Å². The standard InChI is InChI=1S/C34H56N2/c1-2-4-7-11-15-19-27-35-29-22-26-34(32-35)24-18-14-10-6-8-12-16-20-28-36-30-21-25-33(31-36)23-17-13-9-5-3-1/h21-22,25-26,29-32H,1-20,23-24,27-28H2/q+2. The van der Waals surface area contributed by atoms with Crippen LogP contribution in [-0.2, 0) is 25.9 Å². The zero-order valence-electron chi connectivity index (χ0n) is 23.5. The van der Waals surface area contributed by atoms with Crippen LogP contribution in [0.3, 0.4) is 0 Å². The monoisotopic (exact) mass is 492 g/mol. The van der Waals surface area contributed by atoms with Crippen LogP contribution in [0.4, 0.5) is 0 Å². The van der Waals surface area contributed by atoms with E-state index in [4.69, 9.17) is 0 Å². The van der Waals surface area contributed by atoms with Gasteiger partial charge in [0, 0.05) is 36.1 Å². The van der Waals surface area contributed by atoms with E-state index in [1.165, 1.54) is 165 Å². The van der Waals surface area contributed by atoms with Crippen molar-refractivity contribution >= 4 is 0 Å². The van der Waals surface area contributed by atoms with Crippen LogP contribution < -0.4 is 9.13 Å². The van der Waals surface area contributed by atoms with Crippen LogP contribution in [0.1, 0.15) is 140 Å². The summed E-state index contributed by atoms with van der Waals surface area (Å²) in [5.74, 6) is 0. The highest BCUT2D eigenvalue weighted by Crippen LogP contribution is 2.14. The summed E-state index contributed by atoms with van der Waals surface area (Å²) in [6, 6.07) is 9.17. The SMILES string of the molecule is c1cc2c[n+](c1)CCCCCCCCCCCCCCc1ccc[n+](c1)CCCCCCCCCC2. The van der Waals surface area contributed by atoms with E-state index in [0.717, 1.165) is 0 Å². The van der Waals surface area contributed by atoms with Gasteiger partial charge in [0.15, 0.2) is 24.8 Å². The summed E-state index contributed by atoms with van der Waals surface area (Å²) >= 11 is 0. The number of aryl methyl sites for hydroxylation is 4. The second-order valence-electron chi connectivity index (χ2n) is 11.5. The van der Waals surface area contributed by atoms with E-state index in [1.54, 1.807) is 0 Å². The van der Waals surface area contributed by atoms with Crippen molar-refractivity contribution in [3.63, 3.8) is 0 Å². The molecule has 1 aliphatic heterocycles. The van der Waals surface area contributed by atoms with E-state index in [0.29, 0.717) is 0 Å². The van der Waals surface area contributed by atoms with Gasteiger partial charge < -0.3 is 0 Å². The summed E-state index contributed by atoms with van der Waals surface area (Å²) in [7, 11) is 0. The number of hydrogen-bond acceptors (Lipinski definition) is 0. The first-order valence-corrected chi connectivity index (χ1v) is 15.9. The van der Waals surface area contributed by atoms with Crippen molar-refractivity contribution in [2.45, 2.75) is 154 Å². The van der Waals surface area contributed by atoms with Gasteiger partial charge in [-0.15, -0.1) is 0 Å². The van der Waals surface area contributed by atoms with Crippen LogP contribution in [0, 0.1) is 0 Å². The van der Waals surface area contributed by atoms with Crippen LogP contribution in [0.2, 0.25) is 0 Å². The molecule has 1 aliphatic rings. The topological polar surface area (TPSA) is 7.76 Å². The van der Waals surface area contributed by atoms with Crippen molar-refractivity contribution in [2.24, 2.45) is 0 Å². The van der Waals surface area contributed by atoms with Gasteiger partial charge in [-0.25, -0.2) is 9.13 Å². The van der Waals surface area contributed by atoms with Crippen LogP contribution in [0.25, 0.3) is 0 Å². The minimum atomic E-state index is 1.19. The Morgan fingerprint density at radius 2 is 0.667 bits per heavy atom. The van der Waals surface area contributed by atoms with Crippen molar-refractivity contribution in [3.8, 4) is 0 Å². The number of fused-ring (bicyclic) bond motifs is 4. The number of rotatable bonds is 0. The molecule has 0 N–H and O–H groups in total. The maximum absolute atomic E-state index is 2.43. The number of pyridine rings is 2. The van der Waals surface area contributed by atoms with Gasteiger partial charge in [0.25, 0.3) is 0 Å². The third kappa shape index (κ3) is 13.6. The largest absolute Gasteiger partial charge is 0.205 e. The maximum atomic E-state index is 2.43. The Hall–Kier alpha value is -1.70. The summed E-state index contributed by atoms with van der Waals surface area (Å²) in [6.07, 6.45) is 39.9. The molecule has 200 valence electrons. The Bertz CT molecular complexity index is 732. The molecule has 36 heavy (non-hydrogen) atoms. The highest BCUT2D eigenvalue weighted by atomic mass is 14.9. The quantitative estimate of drug-likeness (QED) is 0.324. The second kappa shape index (κ2) is 19.4. The molecule has 4 bridgehead atoms. The van der Waals surface area contributed by atoms with Gasteiger partial charge >= 0.3 is 0 Å². The lowest BCUT2D eigenvalue weighted by Gasteiger charge is -2.05. The summed E-state index contributed by atoms with van der Waals surface area (Å²) < 4.78 is 4.87. The molecule has 0 aromatic carbocycles. The molecule has 2 nitrogen and oxygen atoms in total. The molecule has 0 fully saturated rings. The fourth-order valence-electron chi connectivity index (χ4n) is 5.80. The molecular weight excluding hydrogens is 436 g/mol. The number of nitrogens with zero attached hydrogens (tertiary/aromatic N) is 2. The lowest BCUT2D eigenvalue weighted by molar-refractivity contribution is -0.697. The molecule has 2 aromatic heterocycles. The van der Waals surface area contributed by atoms with E-state index in [-0.39, 0.29) is 0 Å². The van der Waals surface area contributed by atoms with Crippen molar-refractivity contribution in [1.82, 2.24) is 0 Å². The van der Waals surface area contributed by atoms with E-state index >= 15 is 0 Å². The molecule has 0 aliphatic carbocycles. The predicted octanol–water partition coefficient (Wildman–Crippen LogP) is 8.86. The molecular formula is C34H56N2+2. The highest BCUT2D eigenvalue weighted by molar-refractivity contribution is 5.05. The smallest absolute Gasteiger partial charge is 0.171 e. The third-order valence-electron chi connectivity index (χ3n) is 8.10. The van der Waals surface area contributed by atoms with Crippen molar-refractivity contribution < 1.29 is 9.13 Å². The maximum Gasteiger partial charge on any atom is 0.171 e. The van der Waals surface area contributed by atoms with Gasteiger partial charge in [-0.1, -0.05) is 89.9 Å². The molecule has 0 atom stereocenters. The minimum absolute atomic E-state index is 1.19. The van der Waals surface area contributed by atoms with Crippen molar-refractivity contribution in [3.05, 3.63) is 60.2 Å². The summed E-state index contributed by atoms with van der Waals surface area (Å²) in [4.78, 5) is 0. The number of hydrogen-bond donors (Lipinski definition) is 0. The Morgan fingerprint density at radius 3 is 1.03 bits per heavy atom. The molecule has 0 spiro atoms. The van der Waals surface area contributed by atoms with Gasteiger partial charge in [-0.3, -0.25) is 0 Å². The Morgan fingerprint density at radius 1 is 0.361 bits per heavy atom. The van der Waals surface area contributed by atoms with Crippen molar-refractivity contribution in [1.29, 1.82) is 0 Å². The molecule has 3 heterocycles. The Labute approximate surface area is 223 Å². The van der Waals surface area contributed by atoms with Gasteiger partial charge in [-0.05, 0) is 50.7 Å². The molecule has 0 unspecified atom stereocenters. The second-order valence-corrected chi connectivity index (χ2v) is 11.5. The van der Waals surface area contributed by atoms with Crippen LogP contribution >= 0.6 is 0 Å². The first kappa shape index (κ1) is 28.9. The Balaban J connectivity index is 1.37. The van der Waals surface area contributed by atoms with Crippen molar-refractivity contribution in [2.75, 3.05) is 0 Å². The molecule has 3 rings (SSSR count). The lowest BCUT2D eigenvalue weighted by atomic mass is 10.0. The Kier molecular flexibility index (Phi) is 15.6. The van der Waals surface area contributed by atoms with Crippen LogP contribution in [0.5, 0.6) is 0 Å². The lowest BCUT2D eigenvalue weighted by Crippen LogP contribution is -2.33. The zero-order chi connectivity index (χ0) is 24.9. The predicted molar refractivity (Wildman–Crippen MR) is 153 cm³/mol. The number of aromatic nitrogens is 2. The van der Waals surface area contributed by atoms with Gasteiger partial charge in [0.05, 0.1) is 0 Å². The zero-order valence-corrected chi connectivity index (χ0v) is 23.5. The minimum Gasteiger partial charge on any atom is -0.205 e. The van der Waals surface area contributed by atoms with Gasteiger partial charge in [0.1, 0.15) is 13.1 Å². The molecule has 0 saturated carbocycles. The average Bonchev–Trinajstić information content (AvgIpc) is 2.90. The van der Waals surface area contributed by atoms with Gasteiger partial charge in [-0.2, -0.15) is 0 Å². The van der Waals surface area contributed by atoms with E-state index in [1.807, 2.05) is 0 Å². The molecule has 0 radical (unpaired) electrons.